The highest BCUT2D eigenvalue weighted by atomic mass is 16.3. The predicted octanol–water partition coefficient (Wildman–Crippen LogP) is 1.82. The maximum atomic E-state index is 11.9. The second kappa shape index (κ2) is 8.17. The largest absolute Gasteiger partial charge is 0.508 e. The summed E-state index contributed by atoms with van der Waals surface area (Å²) < 4.78 is 1.88. The van der Waals surface area contributed by atoms with Gasteiger partial charge in [0, 0.05) is 12.6 Å². The van der Waals surface area contributed by atoms with Crippen LogP contribution in [0.1, 0.15) is 31.7 Å². The van der Waals surface area contributed by atoms with E-state index in [1.54, 1.807) is 18.5 Å². The van der Waals surface area contributed by atoms with Gasteiger partial charge in [-0.2, -0.15) is 0 Å². The normalized spacial score (nSPS) is 11.9. The Bertz CT molecular complexity index is 624. The summed E-state index contributed by atoms with van der Waals surface area (Å²) in [7, 11) is 0. The lowest BCUT2D eigenvalue weighted by molar-refractivity contribution is 0.236. The minimum atomic E-state index is -0.214. The molecule has 0 spiro atoms. The third-order valence-electron chi connectivity index (χ3n) is 3.62. The van der Waals surface area contributed by atoms with Gasteiger partial charge in [0.25, 0.3) is 0 Å². The van der Waals surface area contributed by atoms with Crippen LogP contribution in [0, 0.1) is 0 Å². The average Bonchev–Trinajstić information content (AvgIpc) is 3.00. The van der Waals surface area contributed by atoms with E-state index >= 15 is 0 Å². The van der Waals surface area contributed by atoms with Crippen molar-refractivity contribution in [3.63, 3.8) is 0 Å². The van der Waals surface area contributed by atoms with Crippen molar-refractivity contribution in [3.05, 3.63) is 42.0 Å². The van der Waals surface area contributed by atoms with Crippen molar-refractivity contribution in [1.82, 2.24) is 25.4 Å². The first kappa shape index (κ1) is 16.8. The van der Waals surface area contributed by atoms with Crippen molar-refractivity contribution in [2.75, 3.05) is 0 Å². The number of hydrogen-bond donors (Lipinski definition) is 3. The first-order valence-corrected chi connectivity index (χ1v) is 7.77. The van der Waals surface area contributed by atoms with Crippen LogP contribution in [0.15, 0.2) is 30.6 Å². The highest BCUT2D eigenvalue weighted by molar-refractivity contribution is 5.74. The quantitative estimate of drug-likeness (QED) is 0.726. The van der Waals surface area contributed by atoms with E-state index in [1.165, 1.54) is 0 Å². The second-order valence-corrected chi connectivity index (χ2v) is 5.47. The molecule has 124 valence electrons. The summed E-state index contributed by atoms with van der Waals surface area (Å²) in [5.41, 5.74) is 1.13. The van der Waals surface area contributed by atoms with Gasteiger partial charge in [0.05, 0.1) is 6.54 Å². The number of nitrogens with one attached hydrogen (secondary N) is 2. The summed E-state index contributed by atoms with van der Waals surface area (Å²) in [5, 5.41) is 22.7. The molecule has 1 aromatic heterocycles. The van der Waals surface area contributed by atoms with Gasteiger partial charge in [0.2, 0.25) is 0 Å². The van der Waals surface area contributed by atoms with Crippen molar-refractivity contribution < 1.29 is 9.90 Å². The maximum absolute atomic E-state index is 11.9. The smallest absolute Gasteiger partial charge is 0.315 e. The topological polar surface area (TPSA) is 92.1 Å². The summed E-state index contributed by atoms with van der Waals surface area (Å²) in [6.07, 6.45) is 3.31. The van der Waals surface area contributed by atoms with Crippen LogP contribution in [0.2, 0.25) is 0 Å². The number of phenolic OH excluding ortho intramolecular Hbond substituents is 1. The SMILES string of the molecule is CCn1cnnc1CNC(=O)N[C@H](C)CCc1ccc(O)cc1. The Morgan fingerprint density at radius 3 is 2.78 bits per heavy atom. The molecule has 1 aromatic carbocycles. The Morgan fingerprint density at radius 1 is 1.35 bits per heavy atom. The van der Waals surface area contributed by atoms with Crippen molar-refractivity contribution in [3.8, 4) is 5.75 Å². The Hall–Kier alpha value is -2.57. The van der Waals surface area contributed by atoms with Crippen LogP contribution in [-0.2, 0) is 19.5 Å². The number of phenols is 1. The lowest BCUT2D eigenvalue weighted by Crippen LogP contribution is -2.41. The van der Waals surface area contributed by atoms with E-state index in [1.807, 2.05) is 30.5 Å². The number of nitrogens with zero attached hydrogens (tertiary/aromatic N) is 3. The van der Waals surface area contributed by atoms with E-state index in [9.17, 15) is 9.90 Å². The van der Waals surface area contributed by atoms with Crippen molar-refractivity contribution >= 4 is 6.03 Å². The van der Waals surface area contributed by atoms with Crippen LogP contribution in [0.25, 0.3) is 0 Å². The molecular weight excluding hydrogens is 294 g/mol. The second-order valence-electron chi connectivity index (χ2n) is 5.47. The molecule has 2 rings (SSSR count). The summed E-state index contributed by atoms with van der Waals surface area (Å²) in [5.74, 6) is 0.999. The fourth-order valence-electron chi connectivity index (χ4n) is 2.23. The maximum Gasteiger partial charge on any atom is 0.315 e. The van der Waals surface area contributed by atoms with Crippen molar-refractivity contribution in [1.29, 1.82) is 0 Å². The number of hydrogen-bond acceptors (Lipinski definition) is 4. The van der Waals surface area contributed by atoms with Gasteiger partial charge < -0.3 is 20.3 Å². The van der Waals surface area contributed by atoms with E-state index in [0.717, 1.165) is 30.8 Å². The molecule has 3 N–H and O–H groups in total. The molecule has 0 unspecified atom stereocenters. The van der Waals surface area contributed by atoms with E-state index in [-0.39, 0.29) is 17.8 Å². The number of aryl methyl sites for hydroxylation is 2. The molecule has 0 saturated carbocycles. The summed E-state index contributed by atoms with van der Waals surface area (Å²) in [6.45, 7) is 5.09. The van der Waals surface area contributed by atoms with E-state index in [0.29, 0.717) is 6.54 Å². The van der Waals surface area contributed by atoms with Gasteiger partial charge >= 0.3 is 6.03 Å². The van der Waals surface area contributed by atoms with Gasteiger partial charge in [-0.1, -0.05) is 12.1 Å². The van der Waals surface area contributed by atoms with Crippen LogP contribution in [0.4, 0.5) is 4.79 Å². The minimum Gasteiger partial charge on any atom is -0.508 e. The van der Waals surface area contributed by atoms with E-state index < -0.39 is 0 Å². The van der Waals surface area contributed by atoms with Crippen molar-refractivity contribution in [2.45, 2.75) is 45.8 Å². The first-order chi connectivity index (χ1) is 11.1. The fourth-order valence-corrected chi connectivity index (χ4v) is 2.23. The molecule has 0 aliphatic carbocycles. The molecule has 2 aromatic rings. The third kappa shape index (κ3) is 5.28. The molecule has 23 heavy (non-hydrogen) atoms. The van der Waals surface area contributed by atoms with Crippen molar-refractivity contribution in [2.24, 2.45) is 0 Å². The molecule has 0 saturated heterocycles. The molecular formula is C16H23N5O2. The monoisotopic (exact) mass is 317 g/mol. The summed E-state index contributed by atoms with van der Waals surface area (Å²) in [6, 6.07) is 6.95. The number of benzene rings is 1. The third-order valence-corrected chi connectivity index (χ3v) is 3.62. The lowest BCUT2D eigenvalue weighted by Gasteiger charge is -2.14. The Labute approximate surface area is 135 Å². The van der Waals surface area contributed by atoms with Gasteiger partial charge in [-0.05, 0) is 44.4 Å². The van der Waals surface area contributed by atoms with Crippen LogP contribution >= 0.6 is 0 Å². The molecule has 0 aliphatic rings. The zero-order chi connectivity index (χ0) is 16.7. The van der Waals surface area contributed by atoms with Gasteiger partial charge in [0.1, 0.15) is 12.1 Å². The van der Waals surface area contributed by atoms with Crippen LogP contribution in [-0.4, -0.2) is 31.9 Å². The zero-order valence-electron chi connectivity index (χ0n) is 13.5. The Kier molecular flexibility index (Phi) is 5.96. The number of amides is 2. The highest BCUT2D eigenvalue weighted by Gasteiger charge is 2.09. The van der Waals surface area contributed by atoms with Crippen LogP contribution < -0.4 is 10.6 Å². The molecule has 7 nitrogen and oxygen atoms in total. The van der Waals surface area contributed by atoms with Gasteiger partial charge in [-0.3, -0.25) is 0 Å². The molecule has 1 atom stereocenters. The molecule has 0 fully saturated rings. The number of urea groups is 1. The van der Waals surface area contributed by atoms with Gasteiger partial charge in [-0.15, -0.1) is 10.2 Å². The lowest BCUT2D eigenvalue weighted by atomic mass is 10.1. The Balaban J connectivity index is 1.71. The molecule has 1 heterocycles. The number of aromatic nitrogens is 3. The minimum absolute atomic E-state index is 0.0489. The average molecular weight is 317 g/mol. The van der Waals surface area contributed by atoms with Crippen LogP contribution in [0.3, 0.4) is 0 Å². The van der Waals surface area contributed by atoms with Gasteiger partial charge in [0.15, 0.2) is 5.82 Å². The summed E-state index contributed by atoms with van der Waals surface area (Å²) >= 11 is 0. The fraction of sp³-hybridized carbons (Fsp3) is 0.438. The number of carbonyl (C=O) groups is 1. The van der Waals surface area contributed by atoms with Gasteiger partial charge in [-0.25, -0.2) is 4.79 Å². The number of aromatic hydroxyl groups is 1. The number of rotatable bonds is 7. The first-order valence-electron chi connectivity index (χ1n) is 7.77. The molecule has 7 heteroatoms. The predicted molar refractivity (Wildman–Crippen MR) is 87.0 cm³/mol. The molecule has 0 bridgehead atoms. The molecule has 0 aliphatic heterocycles. The number of carbonyl (C=O) groups excluding carboxylic acids is 1. The summed E-state index contributed by atoms with van der Waals surface area (Å²) in [4.78, 5) is 11.9. The Morgan fingerprint density at radius 2 is 2.09 bits per heavy atom. The van der Waals surface area contributed by atoms with E-state index in [2.05, 4.69) is 20.8 Å². The standard InChI is InChI=1S/C16H23N5O2/c1-3-21-11-18-20-15(21)10-17-16(23)19-12(2)4-5-13-6-8-14(22)9-7-13/h6-9,11-12,22H,3-5,10H2,1-2H3,(H2,17,19,23)/t12-/m1/s1. The molecule has 2 amide bonds. The van der Waals surface area contributed by atoms with E-state index in [4.69, 9.17) is 0 Å². The van der Waals surface area contributed by atoms with Crippen LogP contribution in [0.5, 0.6) is 5.75 Å². The zero-order valence-corrected chi connectivity index (χ0v) is 13.5. The molecule has 0 radical (unpaired) electrons. The highest BCUT2D eigenvalue weighted by Crippen LogP contribution is 2.11.